The number of carboxylic acid groups (broad SMARTS) is 1. The number of thiol groups is 1. The van der Waals surface area contributed by atoms with Crippen molar-refractivity contribution >= 4 is 34.6 Å². The number of hydrogen-bond donors (Lipinski definition) is 7. The van der Waals surface area contributed by atoms with Crippen molar-refractivity contribution in [1.29, 1.82) is 0 Å². The molecule has 13 heteroatoms. The highest BCUT2D eigenvalue weighted by Crippen LogP contribution is 2.31. The highest BCUT2D eigenvalue weighted by atomic mass is 32.2. The predicted octanol–water partition coefficient (Wildman–Crippen LogP) is 0.141. The topological polar surface area (TPSA) is 184 Å². The second-order valence-electron chi connectivity index (χ2n) is 9.61. The molecule has 2 rings (SSSR count). The Hall–Kier alpha value is -2.42. The van der Waals surface area contributed by atoms with E-state index >= 15 is 0 Å². The first-order chi connectivity index (χ1) is 16.7. The first kappa shape index (κ1) is 29.8. The van der Waals surface area contributed by atoms with E-state index in [-0.39, 0.29) is 30.4 Å². The Labute approximate surface area is 212 Å². The maximum Gasteiger partial charge on any atom is 0.335 e. The van der Waals surface area contributed by atoms with Crippen LogP contribution in [0.5, 0.6) is 5.75 Å². The number of amides is 1. The predicted molar refractivity (Wildman–Crippen MR) is 133 cm³/mol. The van der Waals surface area contributed by atoms with Gasteiger partial charge in [-0.05, 0) is 51.0 Å². The molecule has 0 unspecified atom stereocenters. The molecule has 5 atom stereocenters. The van der Waals surface area contributed by atoms with Gasteiger partial charge in [-0.25, -0.2) is 15.9 Å². The van der Waals surface area contributed by atoms with Gasteiger partial charge in [0.15, 0.2) is 6.10 Å². The van der Waals surface area contributed by atoms with Gasteiger partial charge >= 0.3 is 11.9 Å². The van der Waals surface area contributed by atoms with Crippen LogP contribution in [-0.2, 0) is 30.5 Å². The van der Waals surface area contributed by atoms with Gasteiger partial charge in [0.25, 0.3) is 0 Å². The number of benzene rings is 1. The number of aliphatic hydroxyl groups excluding tert-OH is 3. The van der Waals surface area contributed by atoms with Crippen LogP contribution in [0.15, 0.2) is 18.2 Å². The van der Waals surface area contributed by atoms with Crippen LogP contribution in [0.3, 0.4) is 0 Å². The van der Waals surface area contributed by atoms with E-state index in [0.29, 0.717) is 12.1 Å². The monoisotopic (exact) mass is 532 g/mol. The number of hydrogen-bond acceptors (Lipinski definition) is 10. The van der Waals surface area contributed by atoms with Gasteiger partial charge in [-0.3, -0.25) is 14.3 Å². The van der Waals surface area contributed by atoms with Crippen LogP contribution in [0.4, 0.5) is 5.69 Å². The summed E-state index contributed by atoms with van der Waals surface area (Å²) in [6.45, 7) is 5.52. The second kappa shape index (κ2) is 12.7. The number of esters is 1. The molecule has 6 N–H and O–H groups in total. The summed E-state index contributed by atoms with van der Waals surface area (Å²) in [4.78, 5) is 36.0. The number of carboxylic acids is 1. The molecule has 0 saturated carbocycles. The lowest BCUT2D eigenvalue weighted by molar-refractivity contribution is -0.271. The van der Waals surface area contributed by atoms with Crippen LogP contribution in [0, 0.1) is 5.41 Å². The minimum atomic E-state index is -1.87. The summed E-state index contributed by atoms with van der Waals surface area (Å²) in [5.41, 5.74) is -0.0168. The van der Waals surface area contributed by atoms with Crippen molar-refractivity contribution < 1.29 is 49.0 Å². The van der Waals surface area contributed by atoms with Crippen LogP contribution in [0.1, 0.15) is 32.8 Å². The summed E-state index contributed by atoms with van der Waals surface area (Å²) in [6.07, 6.45) is -4.82. The molecule has 1 amide bonds. The molecular weight excluding hydrogens is 496 g/mol. The van der Waals surface area contributed by atoms with E-state index in [4.69, 9.17) is 14.2 Å². The lowest BCUT2D eigenvalue weighted by atomic mass is 9.97. The average molecular weight is 533 g/mol. The van der Waals surface area contributed by atoms with Crippen molar-refractivity contribution in [3.63, 3.8) is 0 Å². The third-order valence-electron chi connectivity index (χ3n) is 5.14. The van der Waals surface area contributed by atoms with E-state index in [1.54, 1.807) is 26.8 Å². The molecule has 0 spiro atoms. The SMILES string of the molecule is C[SH](C)NCCC(=O)Nc1cc(COC(=O)C(C)(C)C)ccc1O[C@H]1O[C@H](C(=O)O)[C@@H](O)[C@H](O)[C@H]1O. The Kier molecular flexibility index (Phi) is 10.5. The first-order valence-corrected chi connectivity index (χ1v) is 13.5. The minimum Gasteiger partial charge on any atom is -0.479 e. The van der Waals surface area contributed by atoms with Crippen LogP contribution < -0.4 is 14.8 Å². The molecule has 0 aliphatic carbocycles. The van der Waals surface area contributed by atoms with E-state index in [9.17, 15) is 34.8 Å². The van der Waals surface area contributed by atoms with Crippen molar-refractivity contribution in [2.75, 3.05) is 24.4 Å². The summed E-state index contributed by atoms with van der Waals surface area (Å²) >= 11 is -0.397. The number of ether oxygens (including phenoxy) is 3. The standard InChI is InChI=1S/C23H36N2O10S/c1-23(2,3)22(32)33-11-12-6-7-14(13(10-12)25-15(26)8-9-24-36(4)5)34-21-18(29)16(27)17(28)19(35-21)20(30)31/h6-7,10,16-19,21,24,27-29,36H,8-9,11H2,1-5H3,(H,25,26)(H,30,31)/t16-,17-,18+,19-,21-/m0/s1. The minimum absolute atomic E-state index is 0.00669. The quantitative estimate of drug-likeness (QED) is 0.161. The lowest BCUT2D eigenvalue weighted by Crippen LogP contribution is -2.61. The van der Waals surface area contributed by atoms with E-state index < -0.39 is 59.1 Å². The molecule has 1 fully saturated rings. The number of carbonyl (C=O) groups excluding carboxylic acids is 2. The van der Waals surface area contributed by atoms with Gasteiger partial charge in [0.1, 0.15) is 30.7 Å². The van der Waals surface area contributed by atoms with Gasteiger partial charge in [0, 0.05) is 13.0 Å². The maximum absolute atomic E-state index is 12.5. The fourth-order valence-corrected chi connectivity index (χ4v) is 3.67. The number of rotatable bonds is 10. The van der Waals surface area contributed by atoms with Gasteiger partial charge in [-0.2, -0.15) is 0 Å². The number of carbonyl (C=O) groups is 3. The molecule has 204 valence electrons. The molecule has 0 bridgehead atoms. The van der Waals surface area contributed by atoms with Crippen LogP contribution in [0.2, 0.25) is 0 Å². The van der Waals surface area contributed by atoms with Crippen LogP contribution in [-0.4, -0.2) is 88.0 Å². The fraction of sp³-hybridized carbons (Fsp3) is 0.609. The van der Waals surface area contributed by atoms with Gasteiger partial charge in [0.05, 0.1) is 11.1 Å². The molecule has 1 aliphatic rings. The van der Waals surface area contributed by atoms with Crippen molar-refractivity contribution in [2.24, 2.45) is 5.41 Å². The van der Waals surface area contributed by atoms with Crippen LogP contribution >= 0.6 is 11.1 Å². The average Bonchev–Trinajstić information content (AvgIpc) is 2.77. The number of aliphatic hydroxyl groups is 3. The molecular formula is C23H36N2O10S. The van der Waals surface area contributed by atoms with Crippen molar-refractivity contribution in [3.05, 3.63) is 23.8 Å². The Morgan fingerprint density at radius 3 is 2.33 bits per heavy atom. The summed E-state index contributed by atoms with van der Waals surface area (Å²) in [6, 6.07) is 4.49. The third-order valence-corrected chi connectivity index (χ3v) is 5.99. The van der Waals surface area contributed by atoms with Crippen molar-refractivity contribution in [1.82, 2.24) is 4.72 Å². The van der Waals surface area contributed by atoms with E-state index in [0.717, 1.165) is 0 Å². The fourth-order valence-electron chi connectivity index (χ4n) is 3.11. The van der Waals surface area contributed by atoms with E-state index in [1.807, 2.05) is 12.5 Å². The third kappa shape index (κ3) is 8.32. The first-order valence-electron chi connectivity index (χ1n) is 11.3. The molecule has 0 aromatic heterocycles. The molecule has 1 heterocycles. The Morgan fingerprint density at radius 1 is 1.08 bits per heavy atom. The highest BCUT2D eigenvalue weighted by Gasteiger charge is 2.48. The molecule has 1 saturated heterocycles. The molecule has 36 heavy (non-hydrogen) atoms. The highest BCUT2D eigenvalue weighted by molar-refractivity contribution is 8.14. The molecule has 0 radical (unpaired) electrons. The smallest absolute Gasteiger partial charge is 0.335 e. The number of anilines is 1. The van der Waals surface area contributed by atoms with Gasteiger partial charge < -0.3 is 40.0 Å². The molecule has 1 aromatic rings. The summed E-state index contributed by atoms with van der Waals surface area (Å²) in [5.74, 6) is -2.31. The summed E-state index contributed by atoms with van der Waals surface area (Å²) < 4.78 is 19.3. The zero-order valence-electron chi connectivity index (χ0n) is 20.9. The molecule has 12 nitrogen and oxygen atoms in total. The van der Waals surface area contributed by atoms with Gasteiger partial charge in [-0.15, -0.1) is 0 Å². The number of aliphatic carboxylic acids is 1. The maximum atomic E-state index is 12.5. The Bertz CT molecular complexity index is 936. The van der Waals surface area contributed by atoms with Crippen molar-refractivity contribution in [3.8, 4) is 5.75 Å². The Morgan fingerprint density at radius 2 is 1.75 bits per heavy atom. The number of nitrogens with one attached hydrogen (secondary N) is 2. The van der Waals surface area contributed by atoms with E-state index in [2.05, 4.69) is 10.0 Å². The molecule has 1 aromatic carbocycles. The Balaban J connectivity index is 2.26. The lowest BCUT2D eigenvalue weighted by Gasteiger charge is -2.38. The second-order valence-corrected chi connectivity index (χ2v) is 11.7. The van der Waals surface area contributed by atoms with Gasteiger partial charge in [0.2, 0.25) is 12.2 Å². The zero-order chi connectivity index (χ0) is 27.2. The van der Waals surface area contributed by atoms with Gasteiger partial charge in [-0.1, -0.05) is 6.07 Å². The normalized spacial score (nSPS) is 24.6. The molecule has 1 aliphatic heterocycles. The van der Waals surface area contributed by atoms with Crippen LogP contribution in [0.25, 0.3) is 0 Å². The van der Waals surface area contributed by atoms with E-state index in [1.165, 1.54) is 12.1 Å². The summed E-state index contributed by atoms with van der Waals surface area (Å²) in [7, 11) is 0. The summed E-state index contributed by atoms with van der Waals surface area (Å²) in [5, 5.41) is 42.2. The largest absolute Gasteiger partial charge is 0.479 e. The zero-order valence-corrected chi connectivity index (χ0v) is 21.8. The van der Waals surface area contributed by atoms with Crippen molar-refractivity contribution in [2.45, 2.75) is 64.5 Å².